The molecule has 0 bridgehead atoms. The van der Waals surface area contributed by atoms with Crippen LogP contribution in [0.15, 0.2) is 0 Å². The topological polar surface area (TPSA) is 83.5 Å². The maximum absolute atomic E-state index is 11.4. The van der Waals surface area contributed by atoms with Gasteiger partial charge in [-0.25, -0.2) is 0 Å². The molecule has 5 nitrogen and oxygen atoms in total. The molecule has 0 rings (SSSR count). The fourth-order valence-corrected chi connectivity index (χ4v) is 1.05. The molecule has 1 amide bonds. The number of amides is 1. The highest BCUT2D eigenvalue weighted by Crippen LogP contribution is 2.18. The smallest absolute Gasteiger partial charge is 0.266 e. The molecule has 0 aromatic heterocycles. The maximum Gasteiger partial charge on any atom is 0.266 e. The summed E-state index contributed by atoms with van der Waals surface area (Å²) in [6.07, 6.45) is 0.671. The quantitative estimate of drug-likeness (QED) is 0.732. The van der Waals surface area contributed by atoms with Crippen molar-refractivity contribution in [2.24, 2.45) is 5.41 Å². The molecule has 0 spiro atoms. The summed E-state index contributed by atoms with van der Waals surface area (Å²) in [6.45, 7) is 5.37. The normalized spacial score (nSPS) is 11.0. The van der Waals surface area contributed by atoms with Crippen molar-refractivity contribution in [3.63, 3.8) is 0 Å². The van der Waals surface area contributed by atoms with Crippen molar-refractivity contribution < 1.29 is 17.8 Å². The van der Waals surface area contributed by atoms with Crippen molar-refractivity contribution in [3.8, 4) is 0 Å². The summed E-state index contributed by atoms with van der Waals surface area (Å²) in [5, 5.41) is 2.45. The minimum absolute atomic E-state index is 0. The molecule has 0 aromatic rings. The molecular weight excluding hydrogens is 230 g/mol. The van der Waals surface area contributed by atoms with E-state index in [4.69, 9.17) is 4.55 Å². The minimum atomic E-state index is -3.99. The van der Waals surface area contributed by atoms with Gasteiger partial charge in [-0.3, -0.25) is 9.35 Å². The maximum atomic E-state index is 11.4. The van der Waals surface area contributed by atoms with Gasteiger partial charge in [-0.2, -0.15) is 8.42 Å². The van der Waals surface area contributed by atoms with Gasteiger partial charge in [0.15, 0.2) is 0 Å². The largest absolute Gasteiger partial charge is 0.355 e. The highest BCUT2D eigenvalue weighted by molar-refractivity contribution is 7.85. The average Bonchev–Trinajstić information content (AvgIpc) is 2.02. The van der Waals surface area contributed by atoms with E-state index < -0.39 is 21.3 Å². The second-order valence-corrected chi connectivity index (χ2v) is 5.35. The molecule has 0 fully saturated rings. The first-order valence-electron chi connectivity index (χ1n) is 4.42. The molecule has 0 heterocycles. The lowest BCUT2D eigenvalue weighted by atomic mass is 9.89. The summed E-state index contributed by atoms with van der Waals surface area (Å²) < 4.78 is 29.1. The molecule has 6 heteroatoms. The molecule has 2 N–H and O–H groups in total. The van der Waals surface area contributed by atoms with E-state index in [2.05, 4.69) is 5.32 Å². The van der Waals surface area contributed by atoms with Gasteiger partial charge in [-0.1, -0.05) is 35.6 Å². The number of carbonyl (C=O) groups is 1. The first-order chi connectivity index (χ1) is 6.19. The summed E-state index contributed by atoms with van der Waals surface area (Å²) >= 11 is 0. The third-order valence-electron chi connectivity index (χ3n) is 2.14. The Morgan fingerprint density at radius 3 is 2.06 bits per heavy atom. The molecule has 0 aliphatic rings. The Balaban J connectivity index is -0.000000845. The summed E-state index contributed by atoms with van der Waals surface area (Å²) in [7, 11) is -3.99. The van der Waals surface area contributed by atoms with E-state index >= 15 is 0 Å². The summed E-state index contributed by atoms with van der Waals surface area (Å²) in [4.78, 5) is 11.4. The van der Waals surface area contributed by atoms with Gasteiger partial charge in [0, 0.05) is 12.0 Å². The Kier molecular flexibility index (Phi) is 9.88. The van der Waals surface area contributed by atoms with Crippen molar-refractivity contribution in [2.75, 3.05) is 12.3 Å². The molecule has 0 atom stereocenters. The summed E-state index contributed by atoms with van der Waals surface area (Å²) in [5.41, 5.74) is -0.501. The molecule has 0 saturated carbocycles. The third kappa shape index (κ3) is 8.67. The molecule has 0 aliphatic heterocycles. The van der Waals surface area contributed by atoms with Gasteiger partial charge < -0.3 is 5.32 Å². The molecular formula is C10H25NO4S. The van der Waals surface area contributed by atoms with Crippen LogP contribution in [0.5, 0.6) is 0 Å². The predicted octanol–water partition coefficient (Wildman–Crippen LogP) is 1.70. The number of hydrogen-bond donors (Lipinski definition) is 2. The second kappa shape index (κ2) is 7.62. The van der Waals surface area contributed by atoms with Crippen LogP contribution in [0.2, 0.25) is 0 Å². The van der Waals surface area contributed by atoms with Crippen LogP contribution in [0, 0.1) is 5.41 Å². The van der Waals surface area contributed by atoms with Gasteiger partial charge in [0.25, 0.3) is 10.1 Å². The molecule has 0 unspecified atom stereocenters. The SMILES string of the molecule is C.C.CCC(C)(C)C(=O)NCCS(=O)(=O)O. The van der Waals surface area contributed by atoms with Crippen molar-refractivity contribution in [1.82, 2.24) is 5.32 Å². The van der Waals surface area contributed by atoms with E-state index in [-0.39, 0.29) is 27.3 Å². The molecule has 0 radical (unpaired) electrons. The lowest BCUT2D eigenvalue weighted by Gasteiger charge is -2.21. The van der Waals surface area contributed by atoms with Gasteiger partial charge in [0.1, 0.15) is 0 Å². The molecule has 0 aromatic carbocycles. The lowest BCUT2D eigenvalue weighted by Crippen LogP contribution is -2.38. The van der Waals surface area contributed by atoms with Crippen LogP contribution in [0.3, 0.4) is 0 Å². The van der Waals surface area contributed by atoms with Gasteiger partial charge in [0.2, 0.25) is 5.91 Å². The first-order valence-corrected chi connectivity index (χ1v) is 6.03. The zero-order valence-electron chi connectivity index (χ0n) is 8.70. The third-order valence-corrected chi connectivity index (χ3v) is 2.86. The van der Waals surface area contributed by atoms with Gasteiger partial charge in [-0.15, -0.1) is 0 Å². The summed E-state index contributed by atoms with van der Waals surface area (Å²) in [5.74, 6) is -0.651. The standard InChI is InChI=1S/C8H17NO4S.2CH4/c1-4-8(2,3)7(10)9-5-6-14(11,12)13;;/h4-6H2,1-3H3,(H,9,10)(H,11,12,13);2*1H4. The Hall–Kier alpha value is -0.620. The van der Waals surface area contributed by atoms with Crippen molar-refractivity contribution in [1.29, 1.82) is 0 Å². The average molecular weight is 255 g/mol. The molecule has 100 valence electrons. The monoisotopic (exact) mass is 255 g/mol. The van der Waals surface area contributed by atoms with Crippen molar-refractivity contribution >= 4 is 16.0 Å². The molecule has 0 saturated heterocycles. The lowest BCUT2D eigenvalue weighted by molar-refractivity contribution is -0.129. The van der Waals surface area contributed by atoms with Crippen LogP contribution in [0.25, 0.3) is 0 Å². The zero-order valence-corrected chi connectivity index (χ0v) is 9.52. The fraction of sp³-hybridized carbons (Fsp3) is 0.900. The number of hydrogen-bond acceptors (Lipinski definition) is 3. The second-order valence-electron chi connectivity index (χ2n) is 3.78. The number of nitrogens with one attached hydrogen (secondary N) is 1. The van der Waals surface area contributed by atoms with Crippen LogP contribution in [-0.4, -0.2) is 31.2 Å². The summed E-state index contributed by atoms with van der Waals surface area (Å²) in [6, 6.07) is 0. The zero-order chi connectivity index (χ0) is 11.4. The first kappa shape index (κ1) is 20.8. The van der Waals surface area contributed by atoms with E-state index in [0.717, 1.165) is 0 Å². The fourth-order valence-electron chi connectivity index (χ4n) is 0.693. The Labute approximate surface area is 99.4 Å². The molecule has 0 aliphatic carbocycles. The highest BCUT2D eigenvalue weighted by atomic mass is 32.2. The van der Waals surface area contributed by atoms with Crippen LogP contribution in [-0.2, 0) is 14.9 Å². The van der Waals surface area contributed by atoms with Gasteiger partial charge >= 0.3 is 0 Å². The van der Waals surface area contributed by atoms with Crippen molar-refractivity contribution in [2.45, 2.75) is 42.0 Å². The number of carbonyl (C=O) groups excluding carboxylic acids is 1. The predicted molar refractivity (Wildman–Crippen MR) is 67.0 cm³/mol. The Bertz CT molecular complexity index is 296. The van der Waals surface area contributed by atoms with Gasteiger partial charge in [0.05, 0.1) is 5.75 Å². The van der Waals surface area contributed by atoms with E-state index in [1.807, 2.05) is 6.92 Å². The highest BCUT2D eigenvalue weighted by Gasteiger charge is 2.24. The number of rotatable bonds is 5. The van der Waals surface area contributed by atoms with Crippen LogP contribution in [0.1, 0.15) is 42.0 Å². The van der Waals surface area contributed by atoms with Crippen molar-refractivity contribution in [3.05, 3.63) is 0 Å². The van der Waals surface area contributed by atoms with E-state index in [0.29, 0.717) is 6.42 Å². The van der Waals surface area contributed by atoms with E-state index in [1.165, 1.54) is 0 Å². The minimum Gasteiger partial charge on any atom is -0.355 e. The van der Waals surface area contributed by atoms with Crippen LogP contribution < -0.4 is 5.32 Å². The van der Waals surface area contributed by atoms with E-state index in [9.17, 15) is 13.2 Å². The Morgan fingerprint density at radius 1 is 1.31 bits per heavy atom. The van der Waals surface area contributed by atoms with Crippen LogP contribution >= 0.6 is 0 Å². The molecule has 16 heavy (non-hydrogen) atoms. The van der Waals surface area contributed by atoms with Gasteiger partial charge in [-0.05, 0) is 6.42 Å². The van der Waals surface area contributed by atoms with E-state index in [1.54, 1.807) is 13.8 Å². The van der Waals surface area contributed by atoms with Crippen LogP contribution in [0.4, 0.5) is 0 Å². The Morgan fingerprint density at radius 2 is 1.75 bits per heavy atom.